The van der Waals surface area contributed by atoms with Gasteiger partial charge in [-0.1, -0.05) is 78.3 Å². The number of aryl methyl sites for hydroxylation is 1. The number of nitrogens with one attached hydrogen (secondary N) is 2. The number of likely N-dealkylation sites (tertiary alicyclic amines) is 1. The molecule has 1 unspecified atom stereocenters. The van der Waals surface area contributed by atoms with Crippen LogP contribution in [0.1, 0.15) is 82.4 Å². The van der Waals surface area contributed by atoms with Gasteiger partial charge in [0.1, 0.15) is 17.6 Å². The number of carbonyl (C=O) groups excluding carboxylic acids is 3. The molecule has 310 valence electrons. The first kappa shape index (κ1) is 41.4. The second-order valence-corrected chi connectivity index (χ2v) is 15.8. The summed E-state index contributed by atoms with van der Waals surface area (Å²) in [5.41, 5.74) is 5.91. The topological polar surface area (TPSA) is 171 Å². The van der Waals surface area contributed by atoms with E-state index in [2.05, 4.69) is 33.0 Å². The molecule has 15 heteroatoms. The van der Waals surface area contributed by atoms with Gasteiger partial charge in [0.2, 0.25) is 5.91 Å². The number of amides is 3. The molecule has 3 heterocycles. The Kier molecular flexibility index (Phi) is 12.3. The molecule has 2 aliphatic heterocycles. The Morgan fingerprint density at radius 1 is 0.885 bits per heavy atom. The first-order valence-electron chi connectivity index (χ1n) is 20.4. The van der Waals surface area contributed by atoms with Crippen LogP contribution < -0.4 is 20.8 Å². The van der Waals surface area contributed by atoms with E-state index < -0.39 is 13.2 Å². The Bertz CT molecular complexity index is 2640. The molecule has 1 saturated heterocycles. The summed E-state index contributed by atoms with van der Waals surface area (Å²) in [5, 5.41) is 36.2. The third-order valence-corrected chi connectivity index (χ3v) is 11.5. The molecule has 1 aromatic heterocycles. The van der Waals surface area contributed by atoms with Crippen molar-refractivity contribution in [2.45, 2.75) is 51.6 Å². The van der Waals surface area contributed by atoms with Crippen molar-refractivity contribution in [1.29, 1.82) is 0 Å². The minimum Gasteiger partial charge on any atom is -0.484 e. The van der Waals surface area contributed by atoms with E-state index in [-0.39, 0.29) is 36.7 Å². The summed E-state index contributed by atoms with van der Waals surface area (Å²) in [4.78, 5) is 46.6. The van der Waals surface area contributed by atoms with Crippen molar-refractivity contribution in [3.8, 4) is 11.4 Å². The fraction of sp³-hybridized carbons (Fsp3) is 0.261. The van der Waals surface area contributed by atoms with Gasteiger partial charge in [0.05, 0.1) is 17.8 Å². The third kappa shape index (κ3) is 9.07. The summed E-state index contributed by atoms with van der Waals surface area (Å²) in [6.45, 7) is 5.50. The number of hydrogen-bond acceptors (Lipinski definition) is 9. The van der Waals surface area contributed by atoms with E-state index in [9.17, 15) is 24.4 Å². The van der Waals surface area contributed by atoms with E-state index in [1.165, 1.54) is 0 Å². The lowest BCUT2D eigenvalue weighted by atomic mass is 9.79. The number of aliphatic imine (C=N–C) groups is 1. The lowest BCUT2D eigenvalue weighted by Gasteiger charge is -2.32. The van der Waals surface area contributed by atoms with Crippen molar-refractivity contribution in [2.24, 2.45) is 4.99 Å². The molecule has 1 atom stereocenters. The first-order valence-corrected chi connectivity index (χ1v) is 20.8. The molecule has 4 N–H and O–H groups in total. The highest BCUT2D eigenvalue weighted by molar-refractivity contribution is 6.59. The predicted octanol–water partition coefficient (Wildman–Crippen LogP) is 5.20. The maximum absolute atomic E-state index is 13.7. The molecular formula is C46H45BClN7O6. The van der Waals surface area contributed by atoms with Crippen LogP contribution in [0.3, 0.4) is 0 Å². The molecule has 0 aliphatic carbocycles. The van der Waals surface area contributed by atoms with Crippen molar-refractivity contribution in [1.82, 2.24) is 30.3 Å². The van der Waals surface area contributed by atoms with E-state index in [0.717, 1.165) is 46.2 Å². The summed E-state index contributed by atoms with van der Waals surface area (Å²) in [5.74, 6) is 1.39. The number of rotatable bonds is 12. The fourth-order valence-corrected chi connectivity index (χ4v) is 8.29. The Morgan fingerprint density at radius 3 is 2.44 bits per heavy atom. The minimum absolute atomic E-state index is 0.0741. The van der Waals surface area contributed by atoms with Crippen LogP contribution in [0.4, 0.5) is 0 Å². The van der Waals surface area contributed by atoms with Crippen LogP contribution in [0.25, 0.3) is 16.5 Å². The quantitative estimate of drug-likeness (QED) is 0.122. The van der Waals surface area contributed by atoms with Gasteiger partial charge in [0, 0.05) is 47.9 Å². The fourth-order valence-electron chi connectivity index (χ4n) is 8.17. The summed E-state index contributed by atoms with van der Waals surface area (Å²) < 4.78 is 7.97. The summed E-state index contributed by atoms with van der Waals surface area (Å²) in [6, 6.07) is 31.1. The van der Waals surface area contributed by atoms with Crippen molar-refractivity contribution >= 4 is 58.4 Å². The zero-order chi connectivity index (χ0) is 42.6. The maximum Gasteiger partial charge on any atom is 0.488 e. The molecule has 0 spiro atoms. The molecule has 2 aliphatic rings. The molecule has 6 aromatic rings. The van der Waals surface area contributed by atoms with Crippen molar-refractivity contribution in [3.05, 3.63) is 148 Å². The van der Waals surface area contributed by atoms with Gasteiger partial charge in [-0.15, -0.1) is 10.2 Å². The SMILES string of the molecule is CCNC(=O)CC1N=C(c2ccc(Cl)cc2)c2cc(OCC(=O)NCc3cccc(C4CCN(C(=O)c5cccc6ccc(B(O)O)cc56)CC4)c3)ccc2-n2c(C)nnc21. The minimum atomic E-state index is -1.62. The Morgan fingerprint density at radius 2 is 1.67 bits per heavy atom. The van der Waals surface area contributed by atoms with Gasteiger partial charge in [0.25, 0.3) is 11.8 Å². The highest BCUT2D eigenvalue weighted by Gasteiger charge is 2.31. The molecular weight excluding hydrogens is 793 g/mol. The number of fused-ring (bicyclic) bond motifs is 4. The van der Waals surface area contributed by atoms with Crippen molar-refractivity contribution in [3.63, 3.8) is 0 Å². The molecule has 61 heavy (non-hydrogen) atoms. The smallest absolute Gasteiger partial charge is 0.484 e. The number of halogens is 1. The monoisotopic (exact) mass is 837 g/mol. The number of nitrogens with zero attached hydrogens (tertiary/aromatic N) is 5. The number of carbonyl (C=O) groups is 3. The van der Waals surface area contributed by atoms with Crippen LogP contribution in [0.15, 0.2) is 108 Å². The van der Waals surface area contributed by atoms with Crippen LogP contribution >= 0.6 is 11.6 Å². The van der Waals surface area contributed by atoms with Gasteiger partial charge in [0.15, 0.2) is 12.4 Å². The van der Waals surface area contributed by atoms with Gasteiger partial charge < -0.3 is 30.3 Å². The molecule has 3 amide bonds. The van der Waals surface area contributed by atoms with E-state index in [1.54, 1.807) is 42.5 Å². The number of aromatic nitrogens is 3. The van der Waals surface area contributed by atoms with Crippen molar-refractivity contribution in [2.75, 3.05) is 26.2 Å². The van der Waals surface area contributed by atoms with Gasteiger partial charge in [-0.05, 0) is 96.4 Å². The standard InChI is InChI=1S/C46H45BClN7O6/c1-3-49-42(56)25-40-45-53-52-28(2)55(45)41-17-16-36(24-39(41)44(51-40)32-11-14-35(48)15-12-32)61-27-43(57)50-26-29-6-4-8-33(22-29)30-18-20-54(21-19-30)46(58)37-9-5-7-31-10-13-34(47(59)60)23-38(31)37/h4-17,22-24,30,40,59-60H,3,18-21,25-27H2,1-2H3,(H,49,56)(H,50,57). The second kappa shape index (κ2) is 18.1. The molecule has 0 radical (unpaired) electrons. The predicted molar refractivity (Wildman–Crippen MR) is 235 cm³/mol. The van der Waals surface area contributed by atoms with Gasteiger partial charge in [-0.3, -0.25) is 23.9 Å². The van der Waals surface area contributed by atoms with Crippen LogP contribution in [-0.4, -0.2) is 86.5 Å². The Labute approximate surface area is 358 Å². The zero-order valence-electron chi connectivity index (χ0n) is 33.8. The van der Waals surface area contributed by atoms with E-state index >= 15 is 0 Å². The Hall–Kier alpha value is -6.35. The van der Waals surface area contributed by atoms with Gasteiger partial charge in [-0.25, -0.2) is 0 Å². The molecule has 1 fully saturated rings. The largest absolute Gasteiger partial charge is 0.488 e. The van der Waals surface area contributed by atoms with Crippen molar-refractivity contribution < 1.29 is 29.2 Å². The van der Waals surface area contributed by atoms with Crippen LogP contribution in [0.5, 0.6) is 5.75 Å². The van der Waals surface area contributed by atoms with Crippen LogP contribution in [0, 0.1) is 6.92 Å². The average molecular weight is 838 g/mol. The lowest BCUT2D eigenvalue weighted by Crippen LogP contribution is -2.38. The van der Waals surface area contributed by atoms with E-state index in [4.69, 9.17) is 21.3 Å². The summed E-state index contributed by atoms with van der Waals surface area (Å²) in [7, 11) is -1.62. The number of benzene rings is 5. The summed E-state index contributed by atoms with van der Waals surface area (Å²) >= 11 is 6.26. The lowest BCUT2D eigenvalue weighted by molar-refractivity contribution is -0.123. The molecule has 8 rings (SSSR count). The number of piperidine rings is 1. The van der Waals surface area contributed by atoms with Crippen LogP contribution in [-0.2, 0) is 16.1 Å². The average Bonchev–Trinajstić information content (AvgIpc) is 3.60. The second-order valence-electron chi connectivity index (χ2n) is 15.3. The molecule has 0 saturated carbocycles. The van der Waals surface area contributed by atoms with Crippen LogP contribution in [0.2, 0.25) is 5.02 Å². The molecule has 5 aromatic carbocycles. The molecule has 0 bridgehead atoms. The Balaban J connectivity index is 0.914. The number of hydrogen-bond donors (Lipinski definition) is 4. The number of ether oxygens (including phenoxy) is 1. The maximum atomic E-state index is 13.7. The van der Waals surface area contributed by atoms with Gasteiger partial charge >= 0.3 is 7.12 Å². The highest BCUT2D eigenvalue weighted by atomic mass is 35.5. The highest BCUT2D eigenvalue weighted by Crippen LogP contribution is 2.35. The normalized spacial score (nSPS) is 15.0. The first-order chi connectivity index (χ1) is 29.6. The summed E-state index contributed by atoms with van der Waals surface area (Å²) in [6.07, 6.45) is 1.66. The molecule has 13 nitrogen and oxygen atoms in total. The van der Waals surface area contributed by atoms with Gasteiger partial charge in [-0.2, -0.15) is 0 Å². The zero-order valence-corrected chi connectivity index (χ0v) is 34.6. The van der Waals surface area contributed by atoms with E-state index in [1.807, 2.05) is 71.8 Å². The van der Waals surface area contributed by atoms with E-state index in [0.29, 0.717) is 70.7 Å². The third-order valence-electron chi connectivity index (χ3n) is 11.3.